The maximum atomic E-state index is 10.7. The zero-order valence-corrected chi connectivity index (χ0v) is 15.3. The Kier molecular flexibility index (Phi) is 8.20. The molecule has 142 valence electrons. The SMILES string of the molecule is C[C@H](Oc1ccc(OCCNCC(O)COc2ccsc2)cc1)C(=O)O. The summed E-state index contributed by atoms with van der Waals surface area (Å²) in [6.45, 7) is 3.13. The van der Waals surface area contributed by atoms with Gasteiger partial charge in [-0.25, -0.2) is 4.79 Å². The van der Waals surface area contributed by atoms with Crippen LogP contribution >= 0.6 is 11.3 Å². The number of thiophene rings is 1. The Morgan fingerprint density at radius 3 is 2.54 bits per heavy atom. The van der Waals surface area contributed by atoms with Crippen molar-refractivity contribution in [2.24, 2.45) is 0 Å². The van der Waals surface area contributed by atoms with Crippen molar-refractivity contribution < 1.29 is 29.2 Å². The minimum absolute atomic E-state index is 0.237. The van der Waals surface area contributed by atoms with Crippen LogP contribution in [0.5, 0.6) is 17.2 Å². The standard InChI is InChI=1S/C18H23NO6S/c1-13(18(21)22)25-16-4-2-15(3-5-16)23-8-7-19-10-14(20)11-24-17-6-9-26-12-17/h2-6,9,12-14,19-20H,7-8,10-11H2,1H3,(H,21,22)/t13-,14?/m0/s1. The van der Waals surface area contributed by atoms with E-state index < -0.39 is 18.2 Å². The van der Waals surface area contributed by atoms with Crippen molar-refractivity contribution >= 4 is 17.3 Å². The molecule has 0 aliphatic rings. The van der Waals surface area contributed by atoms with Crippen molar-refractivity contribution in [3.05, 3.63) is 41.1 Å². The second-order valence-corrected chi connectivity index (χ2v) is 6.33. The summed E-state index contributed by atoms with van der Waals surface area (Å²) in [5.41, 5.74) is 0. The van der Waals surface area contributed by atoms with Gasteiger partial charge in [-0.2, -0.15) is 0 Å². The highest BCUT2D eigenvalue weighted by molar-refractivity contribution is 7.08. The second kappa shape index (κ2) is 10.6. The van der Waals surface area contributed by atoms with Crippen LogP contribution in [-0.4, -0.2) is 54.7 Å². The molecule has 0 aliphatic carbocycles. The molecule has 2 atom stereocenters. The number of aliphatic hydroxyl groups excluding tert-OH is 1. The molecular weight excluding hydrogens is 358 g/mol. The average Bonchev–Trinajstić information content (AvgIpc) is 3.14. The molecule has 0 spiro atoms. The molecule has 0 bridgehead atoms. The zero-order valence-electron chi connectivity index (χ0n) is 14.5. The molecule has 0 fully saturated rings. The molecule has 2 aromatic rings. The summed E-state index contributed by atoms with van der Waals surface area (Å²) in [7, 11) is 0. The normalized spacial score (nSPS) is 13.0. The summed E-state index contributed by atoms with van der Waals surface area (Å²) in [6, 6.07) is 8.61. The predicted octanol–water partition coefficient (Wildman–Crippen LogP) is 2.01. The van der Waals surface area contributed by atoms with Gasteiger partial charge in [-0.1, -0.05) is 0 Å². The van der Waals surface area contributed by atoms with Crippen LogP contribution < -0.4 is 19.5 Å². The first-order chi connectivity index (χ1) is 12.5. The lowest BCUT2D eigenvalue weighted by molar-refractivity contribution is -0.144. The lowest BCUT2D eigenvalue weighted by Gasteiger charge is -2.13. The van der Waals surface area contributed by atoms with Gasteiger partial charge in [0.1, 0.15) is 36.6 Å². The molecule has 3 N–H and O–H groups in total. The van der Waals surface area contributed by atoms with Crippen molar-refractivity contribution in [1.29, 1.82) is 0 Å². The maximum absolute atomic E-state index is 10.7. The van der Waals surface area contributed by atoms with Crippen molar-refractivity contribution in [2.45, 2.75) is 19.1 Å². The Morgan fingerprint density at radius 2 is 1.88 bits per heavy atom. The number of benzene rings is 1. The summed E-state index contributed by atoms with van der Waals surface area (Å²) >= 11 is 1.55. The monoisotopic (exact) mass is 381 g/mol. The first-order valence-electron chi connectivity index (χ1n) is 8.20. The molecule has 0 saturated carbocycles. The van der Waals surface area contributed by atoms with E-state index in [2.05, 4.69) is 5.32 Å². The molecule has 1 aromatic heterocycles. The topological polar surface area (TPSA) is 97.3 Å². The summed E-state index contributed by atoms with van der Waals surface area (Å²) in [5.74, 6) is 0.879. The van der Waals surface area contributed by atoms with Gasteiger partial charge in [0.25, 0.3) is 0 Å². The Hall–Kier alpha value is -2.29. The molecule has 0 amide bonds. The average molecular weight is 381 g/mol. The molecular formula is C18H23NO6S. The highest BCUT2D eigenvalue weighted by atomic mass is 32.1. The van der Waals surface area contributed by atoms with E-state index >= 15 is 0 Å². The third-order valence-corrected chi connectivity index (χ3v) is 4.01. The van der Waals surface area contributed by atoms with E-state index in [9.17, 15) is 9.90 Å². The molecule has 0 saturated heterocycles. The van der Waals surface area contributed by atoms with Gasteiger partial charge in [0.05, 0.1) is 0 Å². The van der Waals surface area contributed by atoms with E-state index in [-0.39, 0.29) is 6.61 Å². The molecule has 1 unspecified atom stereocenters. The Morgan fingerprint density at radius 1 is 1.15 bits per heavy atom. The summed E-state index contributed by atoms with van der Waals surface area (Å²) in [6.07, 6.45) is -1.50. The maximum Gasteiger partial charge on any atom is 0.344 e. The van der Waals surface area contributed by atoms with Gasteiger partial charge in [-0.15, -0.1) is 11.3 Å². The van der Waals surface area contributed by atoms with Crippen LogP contribution in [0.2, 0.25) is 0 Å². The third kappa shape index (κ3) is 7.30. The van der Waals surface area contributed by atoms with Gasteiger partial charge in [-0.3, -0.25) is 0 Å². The summed E-state index contributed by atoms with van der Waals surface area (Å²) in [5, 5.41) is 25.5. The van der Waals surface area contributed by atoms with E-state index in [0.717, 1.165) is 5.75 Å². The molecule has 1 aromatic carbocycles. The Balaban J connectivity index is 1.57. The summed E-state index contributed by atoms with van der Waals surface area (Å²) in [4.78, 5) is 10.7. The van der Waals surface area contributed by atoms with E-state index in [1.54, 1.807) is 35.6 Å². The number of rotatable bonds is 12. The number of carboxylic acid groups (broad SMARTS) is 1. The number of hydrogen-bond acceptors (Lipinski definition) is 7. The van der Waals surface area contributed by atoms with Gasteiger partial charge < -0.3 is 29.7 Å². The number of ether oxygens (including phenoxy) is 3. The van der Waals surface area contributed by atoms with Crippen LogP contribution in [0.3, 0.4) is 0 Å². The smallest absolute Gasteiger partial charge is 0.344 e. The minimum atomic E-state index is -1.01. The molecule has 1 heterocycles. The van der Waals surface area contributed by atoms with Crippen molar-refractivity contribution in [3.63, 3.8) is 0 Å². The molecule has 0 aliphatic heterocycles. The van der Waals surface area contributed by atoms with Crippen LogP contribution in [0.1, 0.15) is 6.92 Å². The minimum Gasteiger partial charge on any atom is -0.492 e. The van der Waals surface area contributed by atoms with Crippen LogP contribution in [0.15, 0.2) is 41.1 Å². The van der Waals surface area contributed by atoms with Crippen molar-refractivity contribution in [3.8, 4) is 17.2 Å². The molecule has 26 heavy (non-hydrogen) atoms. The van der Waals surface area contributed by atoms with E-state index in [1.807, 2.05) is 16.8 Å². The van der Waals surface area contributed by atoms with Gasteiger partial charge in [0.2, 0.25) is 0 Å². The van der Waals surface area contributed by atoms with Gasteiger partial charge >= 0.3 is 5.97 Å². The zero-order chi connectivity index (χ0) is 18.8. The van der Waals surface area contributed by atoms with Gasteiger partial charge in [-0.05, 0) is 42.6 Å². The first-order valence-corrected chi connectivity index (χ1v) is 9.15. The number of carbonyl (C=O) groups is 1. The van der Waals surface area contributed by atoms with Crippen LogP contribution in [0.25, 0.3) is 0 Å². The molecule has 7 nitrogen and oxygen atoms in total. The number of hydrogen-bond donors (Lipinski definition) is 3. The number of carboxylic acids is 1. The Bertz CT molecular complexity index is 646. The lowest BCUT2D eigenvalue weighted by Crippen LogP contribution is -2.33. The molecule has 0 radical (unpaired) electrons. The predicted molar refractivity (Wildman–Crippen MR) is 98.4 cm³/mol. The second-order valence-electron chi connectivity index (χ2n) is 5.55. The number of aliphatic carboxylic acids is 1. The van der Waals surface area contributed by atoms with Crippen molar-refractivity contribution in [2.75, 3.05) is 26.3 Å². The lowest BCUT2D eigenvalue weighted by atomic mass is 10.3. The largest absolute Gasteiger partial charge is 0.492 e. The fourth-order valence-corrected chi connectivity index (χ4v) is 2.54. The quantitative estimate of drug-likeness (QED) is 0.484. The Labute approximate surface area is 156 Å². The van der Waals surface area contributed by atoms with Crippen LogP contribution in [-0.2, 0) is 4.79 Å². The third-order valence-electron chi connectivity index (χ3n) is 3.35. The highest BCUT2D eigenvalue weighted by Gasteiger charge is 2.12. The molecule has 2 rings (SSSR count). The van der Waals surface area contributed by atoms with E-state index in [1.165, 1.54) is 6.92 Å². The first kappa shape index (κ1) is 20.0. The number of nitrogens with one attached hydrogen (secondary N) is 1. The van der Waals surface area contributed by atoms with E-state index in [0.29, 0.717) is 31.2 Å². The van der Waals surface area contributed by atoms with Crippen LogP contribution in [0, 0.1) is 0 Å². The summed E-state index contributed by atoms with van der Waals surface area (Å²) < 4.78 is 16.2. The molecule has 8 heteroatoms. The van der Waals surface area contributed by atoms with Crippen LogP contribution in [0.4, 0.5) is 0 Å². The number of aliphatic hydroxyl groups is 1. The fraction of sp³-hybridized carbons (Fsp3) is 0.389. The fourth-order valence-electron chi connectivity index (χ4n) is 1.96. The van der Waals surface area contributed by atoms with Crippen molar-refractivity contribution in [1.82, 2.24) is 5.32 Å². The van der Waals surface area contributed by atoms with Gasteiger partial charge in [0.15, 0.2) is 6.10 Å². The highest BCUT2D eigenvalue weighted by Crippen LogP contribution is 2.18. The van der Waals surface area contributed by atoms with Gasteiger partial charge in [0, 0.05) is 18.5 Å². The van der Waals surface area contributed by atoms with E-state index in [4.69, 9.17) is 19.3 Å².